The molecule has 2 unspecified atom stereocenters. The van der Waals surface area contributed by atoms with E-state index in [4.69, 9.17) is 5.73 Å². The zero-order chi connectivity index (χ0) is 30.6. The van der Waals surface area contributed by atoms with Gasteiger partial charge in [-0.3, -0.25) is 29.0 Å². The summed E-state index contributed by atoms with van der Waals surface area (Å²) in [7, 11) is 1.54. The van der Waals surface area contributed by atoms with Crippen LogP contribution in [-0.4, -0.2) is 73.3 Å². The summed E-state index contributed by atoms with van der Waals surface area (Å²) in [5.74, 6) is -2.68. The van der Waals surface area contributed by atoms with E-state index in [0.717, 1.165) is 0 Å². The van der Waals surface area contributed by atoms with Crippen molar-refractivity contribution in [3.05, 3.63) is 35.9 Å². The Kier molecular flexibility index (Phi) is 12.6. The molecule has 0 radical (unpaired) electrons. The van der Waals surface area contributed by atoms with E-state index < -0.39 is 53.2 Å². The van der Waals surface area contributed by atoms with Gasteiger partial charge in [-0.05, 0) is 38.2 Å². The van der Waals surface area contributed by atoms with Crippen LogP contribution < -0.4 is 37.6 Å². The number of hydrogen-bond donors (Lipinski definition) is 7. The normalized spacial score (nSPS) is 24.8. The number of nitrogens with zero attached hydrogens (tertiary/aromatic N) is 1. The summed E-state index contributed by atoms with van der Waals surface area (Å²) in [6.45, 7) is 7.11. The summed E-state index contributed by atoms with van der Waals surface area (Å²) in [6, 6.07) is 5.72. The molecule has 8 N–H and O–H groups in total. The molecular weight excluding hydrogens is 528 g/mol. The topological polar surface area (TPSA) is 196 Å². The minimum Gasteiger partial charge on any atom is -0.370 e. The Hall–Kier alpha value is -4.16. The number of carbonyl (C=O) groups excluding carboxylic acids is 5. The maximum absolute atomic E-state index is 13.6. The Bertz CT molecular complexity index is 1110. The molecule has 0 aliphatic carbocycles. The highest BCUT2D eigenvalue weighted by atomic mass is 16.2. The van der Waals surface area contributed by atoms with Gasteiger partial charge in [0.15, 0.2) is 5.96 Å². The van der Waals surface area contributed by atoms with Crippen molar-refractivity contribution in [2.24, 2.45) is 16.6 Å². The summed E-state index contributed by atoms with van der Waals surface area (Å²) >= 11 is 0. The summed E-state index contributed by atoms with van der Waals surface area (Å²) in [5.41, 5.74) is 4.80. The lowest BCUT2D eigenvalue weighted by atomic mass is 9.94. The lowest BCUT2D eigenvalue weighted by Gasteiger charge is -2.33. The Labute approximate surface area is 241 Å². The van der Waals surface area contributed by atoms with Crippen molar-refractivity contribution in [2.75, 3.05) is 20.1 Å². The molecule has 4 atom stereocenters. The van der Waals surface area contributed by atoms with Crippen molar-refractivity contribution >= 4 is 35.5 Å². The zero-order valence-corrected chi connectivity index (χ0v) is 24.5. The molecule has 1 saturated heterocycles. The Morgan fingerprint density at radius 3 is 2.32 bits per heavy atom. The van der Waals surface area contributed by atoms with Gasteiger partial charge in [0.2, 0.25) is 29.5 Å². The summed E-state index contributed by atoms with van der Waals surface area (Å²) in [4.78, 5) is 70.1. The first kappa shape index (κ1) is 33.0. The van der Waals surface area contributed by atoms with Crippen LogP contribution in [0.1, 0.15) is 65.0 Å². The van der Waals surface area contributed by atoms with Crippen LogP contribution in [0.5, 0.6) is 0 Å². The van der Waals surface area contributed by atoms with E-state index in [-0.39, 0.29) is 37.7 Å². The van der Waals surface area contributed by atoms with Crippen LogP contribution in [0.25, 0.3) is 0 Å². The third-order valence-corrected chi connectivity index (χ3v) is 6.91. The van der Waals surface area contributed by atoms with Crippen molar-refractivity contribution in [3.63, 3.8) is 0 Å². The number of hydrogen-bond acceptors (Lipinski definition) is 6. The van der Waals surface area contributed by atoms with E-state index in [9.17, 15) is 24.0 Å². The van der Waals surface area contributed by atoms with E-state index >= 15 is 0 Å². The summed E-state index contributed by atoms with van der Waals surface area (Å²) < 4.78 is 0. The number of guanidine groups is 1. The monoisotopic (exact) mass is 572 g/mol. The fourth-order valence-corrected chi connectivity index (χ4v) is 4.19. The second-order valence-corrected chi connectivity index (χ2v) is 10.5. The number of carbonyl (C=O) groups is 5. The van der Waals surface area contributed by atoms with Gasteiger partial charge in [0.1, 0.15) is 23.7 Å². The molecule has 41 heavy (non-hydrogen) atoms. The second-order valence-electron chi connectivity index (χ2n) is 10.5. The van der Waals surface area contributed by atoms with Crippen LogP contribution in [-0.2, 0) is 24.0 Å². The van der Waals surface area contributed by atoms with E-state index in [1.807, 2.05) is 0 Å². The molecule has 1 aliphatic heterocycles. The molecular formula is C28H44N8O5. The standard InChI is InChI=1S/C28H44N8O5/c1-6-19-23(38)35-21(18-11-8-7-9-12-18)25(40)31-16-14-28(4,36-22(37)17(2)3)26(41)34-20(24(39)33-19)13-10-15-32-27(29)30-5/h7-9,11-12,17,19-21H,6,10,13-16H2,1-5H3,(H,31,40)(H,33,39)(H,34,41)(H,35,38)(H,36,37)(H3,29,30,32)/t19?,20?,21-,28-/m1/s1. The molecule has 2 rings (SSSR count). The molecule has 1 fully saturated rings. The van der Waals surface area contributed by atoms with Crippen LogP contribution >= 0.6 is 0 Å². The van der Waals surface area contributed by atoms with Crippen molar-refractivity contribution < 1.29 is 24.0 Å². The highest BCUT2D eigenvalue weighted by Gasteiger charge is 2.38. The predicted octanol–water partition coefficient (Wildman–Crippen LogP) is -0.411. The van der Waals surface area contributed by atoms with Crippen molar-refractivity contribution in [3.8, 4) is 0 Å². The van der Waals surface area contributed by atoms with E-state index in [1.165, 1.54) is 0 Å². The Morgan fingerprint density at radius 1 is 1.05 bits per heavy atom. The van der Waals surface area contributed by atoms with Gasteiger partial charge in [0.25, 0.3) is 0 Å². The summed E-state index contributed by atoms with van der Waals surface area (Å²) in [6.07, 6.45) is 0.944. The second kappa shape index (κ2) is 15.6. The Morgan fingerprint density at radius 2 is 1.71 bits per heavy atom. The quantitative estimate of drug-likeness (QED) is 0.125. The molecule has 0 bridgehead atoms. The molecule has 1 aromatic carbocycles. The van der Waals surface area contributed by atoms with Gasteiger partial charge in [-0.25, -0.2) is 0 Å². The molecule has 0 aromatic heterocycles. The van der Waals surface area contributed by atoms with Crippen LogP contribution in [0.15, 0.2) is 35.3 Å². The minimum absolute atomic E-state index is 0.0218. The molecule has 1 aliphatic rings. The van der Waals surface area contributed by atoms with E-state index in [1.54, 1.807) is 65.1 Å². The maximum Gasteiger partial charge on any atom is 0.247 e. The first-order valence-corrected chi connectivity index (χ1v) is 13.9. The first-order valence-electron chi connectivity index (χ1n) is 13.9. The molecule has 5 amide bonds. The number of benzene rings is 1. The van der Waals surface area contributed by atoms with Gasteiger partial charge >= 0.3 is 0 Å². The first-order chi connectivity index (χ1) is 19.4. The Balaban J connectivity index is 2.43. The van der Waals surface area contributed by atoms with Gasteiger partial charge in [-0.2, -0.15) is 0 Å². The number of rotatable bonds is 8. The third kappa shape index (κ3) is 9.76. The lowest BCUT2D eigenvalue weighted by Crippen LogP contribution is -2.63. The number of nitrogens with one attached hydrogen (secondary N) is 6. The molecule has 0 spiro atoms. The fourth-order valence-electron chi connectivity index (χ4n) is 4.19. The largest absolute Gasteiger partial charge is 0.370 e. The smallest absolute Gasteiger partial charge is 0.247 e. The minimum atomic E-state index is -1.44. The molecule has 0 saturated carbocycles. The van der Waals surface area contributed by atoms with E-state index in [0.29, 0.717) is 18.5 Å². The molecule has 13 heteroatoms. The molecule has 13 nitrogen and oxygen atoms in total. The highest BCUT2D eigenvalue weighted by molar-refractivity contribution is 5.97. The van der Waals surface area contributed by atoms with Gasteiger partial charge in [0, 0.05) is 26.1 Å². The SMILES string of the molecule is CCC1NC(=O)C(CCCNC(N)=NC)NC(=O)[C@](C)(NC(=O)C(C)C)CCNC(=O)[C@@H](c2ccccc2)NC1=O. The van der Waals surface area contributed by atoms with E-state index in [2.05, 4.69) is 36.9 Å². The van der Waals surface area contributed by atoms with Crippen LogP contribution in [0.4, 0.5) is 0 Å². The average Bonchev–Trinajstić information content (AvgIpc) is 2.95. The number of nitrogens with two attached hydrogens (primary N) is 1. The van der Waals surface area contributed by atoms with Crippen LogP contribution in [0.3, 0.4) is 0 Å². The fraction of sp³-hybridized carbons (Fsp3) is 0.571. The number of amides is 5. The summed E-state index contributed by atoms with van der Waals surface area (Å²) in [5, 5.41) is 16.7. The van der Waals surface area contributed by atoms with Crippen molar-refractivity contribution in [1.29, 1.82) is 0 Å². The van der Waals surface area contributed by atoms with Gasteiger partial charge < -0.3 is 37.6 Å². The number of aliphatic imine (C=N–C) groups is 1. The molecule has 226 valence electrons. The maximum atomic E-state index is 13.6. The lowest BCUT2D eigenvalue weighted by molar-refractivity contribution is -0.138. The van der Waals surface area contributed by atoms with Crippen LogP contribution in [0.2, 0.25) is 0 Å². The van der Waals surface area contributed by atoms with Gasteiger partial charge in [-0.1, -0.05) is 51.1 Å². The third-order valence-electron chi connectivity index (χ3n) is 6.91. The van der Waals surface area contributed by atoms with Crippen molar-refractivity contribution in [1.82, 2.24) is 31.9 Å². The highest BCUT2D eigenvalue weighted by Crippen LogP contribution is 2.17. The predicted molar refractivity (Wildman–Crippen MR) is 155 cm³/mol. The average molecular weight is 573 g/mol. The van der Waals surface area contributed by atoms with Crippen molar-refractivity contribution in [2.45, 2.75) is 77.0 Å². The molecule has 1 heterocycles. The van der Waals surface area contributed by atoms with Gasteiger partial charge in [-0.15, -0.1) is 0 Å². The van der Waals surface area contributed by atoms with Crippen LogP contribution in [0, 0.1) is 5.92 Å². The zero-order valence-electron chi connectivity index (χ0n) is 24.5. The van der Waals surface area contributed by atoms with Gasteiger partial charge in [0.05, 0.1) is 0 Å². The molecule has 1 aromatic rings.